The first kappa shape index (κ1) is 23.6. The lowest BCUT2D eigenvalue weighted by molar-refractivity contribution is -0.139. The van der Waals surface area contributed by atoms with E-state index in [1.165, 1.54) is 17.7 Å². The number of piperazine rings is 1. The summed E-state index contributed by atoms with van der Waals surface area (Å²) in [6.07, 6.45) is 0.658. The average molecular weight is 513 g/mol. The highest BCUT2D eigenvalue weighted by molar-refractivity contribution is 8.00. The van der Waals surface area contributed by atoms with E-state index in [0.29, 0.717) is 49.9 Å². The fraction of sp³-hybridized carbons (Fsp3) is 0.565. The Kier molecular flexibility index (Phi) is 6.12. The topological polar surface area (TPSA) is 66.4 Å². The zero-order valence-electron chi connectivity index (χ0n) is 18.7. The minimum atomic E-state index is -4.49. The number of alkyl halides is 3. The van der Waals surface area contributed by atoms with E-state index in [9.17, 15) is 22.2 Å². The van der Waals surface area contributed by atoms with E-state index >= 15 is 0 Å². The van der Waals surface area contributed by atoms with Crippen LogP contribution in [0.5, 0.6) is 0 Å². The van der Waals surface area contributed by atoms with E-state index in [1.807, 2.05) is 9.80 Å². The fourth-order valence-electron chi connectivity index (χ4n) is 4.68. The van der Waals surface area contributed by atoms with Gasteiger partial charge in [0.15, 0.2) is 0 Å². The highest BCUT2D eigenvalue weighted by atomic mass is 32.2. The van der Waals surface area contributed by atoms with Crippen molar-refractivity contribution in [3.05, 3.63) is 39.8 Å². The molecule has 1 aliphatic carbocycles. The fourth-order valence-corrected chi connectivity index (χ4v) is 7.60. The third-order valence-electron chi connectivity index (χ3n) is 6.89. The third-order valence-corrected chi connectivity index (χ3v) is 10.2. The molecule has 1 amide bonds. The van der Waals surface area contributed by atoms with Gasteiger partial charge in [0.05, 0.1) is 11.6 Å². The first-order chi connectivity index (χ1) is 16.1. The quantitative estimate of drug-likeness (QED) is 0.581. The predicted molar refractivity (Wildman–Crippen MR) is 128 cm³/mol. The van der Waals surface area contributed by atoms with E-state index in [4.69, 9.17) is 0 Å². The maximum absolute atomic E-state index is 13.5. The molecule has 3 fully saturated rings. The first-order valence-corrected chi connectivity index (χ1v) is 14.4. The van der Waals surface area contributed by atoms with Crippen molar-refractivity contribution in [2.75, 3.05) is 36.0 Å². The molecule has 0 bridgehead atoms. The Morgan fingerprint density at radius 3 is 2.32 bits per heavy atom. The van der Waals surface area contributed by atoms with Crippen molar-refractivity contribution in [1.82, 2.24) is 14.9 Å². The van der Waals surface area contributed by atoms with Crippen molar-refractivity contribution in [2.45, 2.75) is 43.8 Å². The number of aromatic nitrogens is 2. The molecule has 2 saturated heterocycles. The van der Waals surface area contributed by atoms with Gasteiger partial charge in [0.2, 0.25) is 11.9 Å². The molecule has 2 aliphatic heterocycles. The first-order valence-electron chi connectivity index (χ1n) is 11.5. The number of carbonyl (C=O) groups excluding carboxylic acids is 1. The molecule has 6 nitrogen and oxygen atoms in total. The van der Waals surface area contributed by atoms with Crippen LogP contribution in [-0.4, -0.2) is 62.0 Å². The Labute approximate surface area is 201 Å². The minimum Gasteiger partial charge on any atom is -0.337 e. The Balaban J connectivity index is 1.38. The van der Waals surface area contributed by atoms with Crippen molar-refractivity contribution in [3.8, 4) is 0 Å². The molecular formula is C23H27F3N4O2S2. The summed E-state index contributed by atoms with van der Waals surface area (Å²) in [4.78, 5) is 27.6. The molecule has 1 saturated carbocycles. The maximum atomic E-state index is 13.5. The van der Waals surface area contributed by atoms with Gasteiger partial charge in [0, 0.05) is 59.2 Å². The van der Waals surface area contributed by atoms with Crippen LogP contribution in [0.4, 0.5) is 19.1 Å². The van der Waals surface area contributed by atoms with Crippen molar-refractivity contribution in [2.24, 2.45) is 5.92 Å². The SMILES string of the molecule is C=S1(=O)CCC(C(=O)N2CCN(c3ncc(C(F)(F)F)cn3)CC2c2ccc(C3CC3)s2)CC1. The number of thiophene rings is 1. The third kappa shape index (κ3) is 4.95. The lowest BCUT2D eigenvalue weighted by Crippen LogP contribution is -2.53. The van der Waals surface area contributed by atoms with Gasteiger partial charge in [-0.15, -0.1) is 11.3 Å². The summed E-state index contributed by atoms with van der Waals surface area (Å²) in [5.74, 6) is 5.47. The van der Waals surface area contributed by atoms with Gasteiger partial charge in [-0.25, -0.2) is 9.97 Å². The number of amides is 1. The molecule has 0 N–H and O–H groups in total. The van der Waals surface area contributed by atoms with Gasteiger partial charge in [0.25, 0.3) is 0 Å². The average Bonchev–Trinajstić information content (AvgIpc) is 3.54. The number of hydrogen-bond donors (Lipinski definition) is 0. The molecule has 1 unspecified atom stereocenters. The second-order valence-electron chi connectivity index (χ2n) is 9.43. The van der Waals surface area contributed by atoms with Crippen molar-refractivity contribution in [1.29, 1.82) is 0 Å². The molecule has 4 heterocycles. The van der Waals surface area contributed by atoms with Gasteiger partial charge in [-0.05, 0) is 59.1 Å². The standard InChI is InChI=1S/C23H27F3N4O2S2/c1-34(32)10-6-16(7-11-34)21(31)30-9-8-29(22-27-12-17(13-28-22)23(24,25)26)14-18(30)20-5-4-19(33-20)15-2-3-15/h4-5,12-13,15-16,18H,1-3,6-11,14H2. The number of anilines is 1. The summed E-state index contributed by atoms with van der Waals surface area (Å²) in [6, 6.07) is 3.98. The molecule has 0 radical (unpaired) electrons. The van der Waals surface area contributed by atoms with Crippen LogP contribution in [0, 0.1) is 5.92 Å². The number of halogens is 3. The van der Waals surface area contributed by atoms with Gasteiger partial charge in [-0.2, -0.15) is 13.2 Å². The summed E-state index contributed by atoms with van der Waals surface area (Å²) in [7, 11) is -2.08. The van der Waals surface area contributed by atoms with Gasteiger partial charge < -0.3 is 9.80 Å². The van der Waals surface area contributed by atoms with Crippen LogP contribution < -0.4 is 4.90 Å². The highest BCUT2D eigenvalue weighted by Gasteiger charge is 2.39. The number of hydrogen-bond acceptors (Lipinski definition) is 6. The van der Waals surface area contributed by atoms with E-state index in [0.717, 1.165) is 17.3 Å². The number of nitrogens with zero attached hydrogens (tertiary/aromatic N) is 4. The Hall–Kier alpha value is -2.14. The molecule has 3 aliphatic rings. The Bertz CT molecular complexity index is 1150. The van der Waals surface area contributed by atoms with E-state index in [-0.39, 0.29) is 23.8 Å². The van der Waals surface area contributed by atoms with Crippen LogP contribution in [0.15, 0.2) is 24.5 Å². The van der Waals surface area contributed by atoms with Crippen LogP contribution in [0.1, 0.15) is 53.0 Å². The molecule has 34 heavy (non-hydrogen) atoms. The molecule has 5 rings (SSSR count). The normalized spacial score (nSPS) is 28.2. The molecule has 11 heteroatoms. The summed E-state index contributed by atoms with van der Waals surface area (Å²) < 4.78 is 51.0. The van der Waals surface area contributed by atoms with E-state index < -0.39 is 21.3 Å². The van der Waals surface area contributed by atoms with Crippen LogP contribution in [0.25, 0.3) is 0 Å². The zero-order valence-corrected chi connectivity index (χ0v) is 20.3. The van der Waals surface area contributed by atoms with E-state index in [2.05, 4.69) is 28.0 Å². The Morgan fingerprint density at radius 1 is 1.06 bits per heavy atom. The zero-order chi connectivity index (χ0) is 24.1. The second-order valence-corrected chi connectivity index (χ2v) is 13.3. The summed E-state index contributed by atoms with van der Waals surface area (Å²) >= 11 is 1.71. The van der Waals surface area contributed by atoms with E-state index in [1.54, 1.807) is 11.3 Å². The summed E-state index contributed by atoms with van der Waals surface area (Å²) in [5, 5.41) is 0. The van der Waals surface area contributed by atoms with Crippen molar-refractivity contribution < 1.29 is 22.2 Å². The lowest BCUT2D eigenvalue weighted by atomic mass is 9.98. The number of carbonyl (C=O) groups is 1. The molecule has 2 aromatic heterocycles. The maximum Gasteiger partial charge on any atom is 0.419 e. The van der Waals surface area contributed by atoms with Crippen LogP contribution in [-0.2, 0) is 20.5 Å². The highest BCUT2D eigenvalue weighted by Crippen LogP contribution is 2.45. The Morgan fingerprint density at radius 2 is 1.71 bits per heavy atom. The molecule has 0 aromatic carbocycles. The van der Waals surface area contributed by atoms with Crippen molar-refractivity contribution in [3.63, 3.8) is 0 Å². The molecular weight excluding hydrogens is 485 g/mol. The monoisotopic (exact) mass is 512 g/mol. The summed E-state index contributed by atoms with van der Waals surface area (Å²) in [5.41, 5.74) is -0.881. The van der Waals surface area contributed by atoms with Crippen LogP contribution in [0.3, 0.4) is 0 Å². The number of rotatable bonds is 4. The smallest absolute Gasteiger partial charge is 0.337 e. The van der Waals surface area contributed by atoms with Gasteiger partial charge in [0.1, 0.15) is 0 Å². The minimum absolute atomic E-state index is 0.0641. The van der Waals surface area contributed by atoms with Gasteiger partial charge in [-0.3, -0.25) is 9.00 Å². The van der Waals surface area contributed by atoms with Crippen LogP contribution in [0.2, 0.25) is 0 Å². The lowest BCUT2D eigenvalue weighted by Gasteiger charge is -2.43. The van der Waals surface area contributed by atoms with Gasteiger partial charge in [-0.1, -0.05) is 0 Å². The summed E-state index contributed by atoms with van der Waals surface area (Å²) in [6.45, 7) is 1.29. The van der Waals surface area contributed by atoms with Crippen LogP contribution >= 0.6 is 11.3 Å². The second kappa shape index (κ2) is 8.82. The largest absolute Gasteiger partial charge is 0.419 e. The van der Waals surface area contributed by atoms with Gasteiger partial charge >= 0.3 is 6.18 Å². The molecule has 1 atom stereocenters. The molecule has 2 aromatic rings. The molecule has 0 spiro atoms. The predicted octanol–water partition coefficient (Wildman–Crippen LogP) is 3.95. The molecule has 184 valence electrons. The van der Waals surface area contributed by atoms with Crippen molar-refractivity contribution >= 4 is 38.6 Å².